The van der Waals surface area contributed by atoms with Gasteiger partial charge in [-0.3, -0.25) is 4.79 Å². The average molecular weight is 339 g/mol. The molecule has 2 N–H and O–H groups in total. The predicted molar refractivity (Wildman–Crippen MR) is 99.3 cm³/mol. The second-order valence-corrected chi connectivity index (χ2v) is 7.06. The van der Waals surface area contributed by atoms with E-state index in [0.717, 1.165) is 38.9 Å². The van der Waals surface area contributed by atoms with Gasteiger partial charge in [-0.1, -0.05) is 43.7 Å². The summed E-state index contributed by atoms with van der Waals surface area (Å²) in [5.74, 6) is 0.508. The van der Waals surface area contributed by atoms with Crippen molar-refractivity contribution >= 4 is 18.3 Å². The van der Waals surface area contributed by atoms with E-state index < -0.39 is 0 Å². The van der Waals surface area contributed by atoms with Crippen LogP contribution in [-0.4, -0.2) is 25.5 Å². The van der Waals surface area contributed by atoms with Crippen molar-refractivity contribution in [2.24, 2.45) is 5.41 Å². The van der Waals surface area contributed by atoms with Gasteiger partial charge in [0.25, 0.3) is 0 Å². The van der Waals surface area contributed by atoms with E-state index in [0.29, 0.717) is 12.3 Å². The minimum atomic E-state index is 0. The Morgan fingerprint density at radius 1 is 1.26 bits per heavy atom. The number of aryl methyl sites for hydroxylation is 1. The third-order valence-corrected chi connectivity index (χ3v) is 5.00. The molecule has 0 aromatic heterocycles. The molecule has 0 radical (unpaired) electrons. The molecule has 1 saturated heterocycles. The minimum absolute atomic E-state index is 0. The van der Waals surface area contributed by atoms with Gasteiger partial charge < -0.3 is 10.6 Å². The van der Waals surface area contributed by atoms with Crippen molar-refractivity contribution in [1.82, 2.24) is 10.6 Å². The molecular formula is C19H31ClN2O. The highest BCUT2D eigenvalue weighted by atomic mass is 35.5. The third-order valence-electron chi connectivity index (χ3n) is 5.00. The largest absolute Gasteiger partial charge is 0.356 e. The van der Waals surface area contributed by atoms with Crippen LogP contribution in [-0.2, 0) is 4.79 Å². The minimum Gasteiger partial charge on any atom is -0.356 e. The first-order valence-electron chi connectivity index (χ1n) is 8.56. The molecule has 1 unspecified atom stereocenters. The van der Waals surface area contributed by atoms with Gasteiger partial charge >= 0.3 is 0 Å². The summed E-state index contributed by atoms with van der Waals surface area (Å²) in [6.07, 6.45) is 3.87. The second kappa shape index (κ2) is 9.29. The van der Waals surface area contributed by atoms with Gasteiger partial charge in [0.05, 0.1) is 0 Å². The van der Waals surface area contributed by atoms with Gasteiger partial charge in [-0.25, -0.2) is 0 Å². The van der Waals surface area contributed by atoms with Crippen LogP contribution in [0, 0.1) is 12.3 Å². The van der Waals surface area contributed by atoms with Crippen LogP contribution < -0.4 is 10.6 Å². The fourth-order valence-electron chi connectivity index (χ4n) is 3.15. The van der Waals surface area contributed by atoms with E-state index in [2.05, 4.69) is 55.7 Å². The van der Waals surface area contributed by atoms with Crippen LogP contribution in [0.3, 0.4) is 0 Å². The highest BCUT2D eigenvalue weighted by molar-refractivity contribution is 5.85. The zero-order valence-corrected chi connectivity index (χ0v) is 15.5. The van der Waals surface area contributed by atoms with Crippen molar-refractivity contribution in [2.45, 2.75) is 52.4 Å². The van der Waals surface area contributed by atoms with Gasteiger partial charge in [0.1, 0.15) is 0 Å². The van der Waals surface area contributed by atoms with Crippen LogP contribution in [0.15, 0.2) is 24.3 Å². The first kappa shape index (κ1) is 20.0. The van der Waals surface area contributed by atoms with E-state index in [4.69, 9.17) is 0 Å². The Hall–Kier alpha value is -1.06. The molecule has 1 aromatic carbocycles. The van der Waals surface area contributed by atoms with Gasteiger partial charge in [-0.2, -0.15) is 0 Å². The molecular weight excluding hydrogens is 308 g/mol. The lowest BCUT2D eigenvalue weighted by Gasteiger charge is -2.34. The van der Waals surface area contributed by atoms with Crippen LogP contribution in [0.25, 0.3) is 0 Å². The average Bonchev–Trinajstić information content (AvgIpc) is 2.52. The smallest absolute Gasteiger partial charge is 0.220 e. The van der Waals surface area contributed by atoms with Gasteiger partial charge in [0.2, 0.25) is 5.91 Å². The molecule has 23 heavy (non-hydrogen) atoms. The van der Waals surface area contributed by atoms with Gasteiger partial charge in [-0.05, 0) is 56.2 Å². The van der Waals surface area contributed by atoms with E-state index in [9.17, 15) is 4.79 Å². The Morgan fingerprint density at radius 2 is 1.87 bits per heavy atom. The van der Waals surface area contributed by atoms with Gasteiger partial charge in [-0.15, -0.1) is 12.4 Å². The van der Waals surface area contributed by atoms with Crippen LogP contribution in [0.1, 0.15) is 56.6 Å². The number of carbonyl (C=O) groups is 1. The summed E-state index contributed by atoms with van der Waals surface area (Å²) in [6.45, 7) is 9.47. The molecule has 0 spiro atoms. The van der Waals surface area contributed by atoms with E-state index in [1.54, 1.807) is 0 Å². The van der Waals surface area contributed by atoms with Crippen LogP contribution in [0.5, 0.6) is 0 Å². The zero-order valence-electron chi connectivity index (χ0n) is 14.7. The molecule has 0 bridgehead atoms. The van der Waals surface area contributed by atoms with Crippen LogP contribution in [0.4, 0.5) is 0 Å². The number of rotatable bonds is 6. The lowest BCUT2D eigenvalue weighted by molar-refractivity contribution is -0.122. The lowest BCUT2D eigenvalue weighted by atomic mass is 9.81. The molecule has 1 heterocycles. The van der Waals surface area contributed by atoms with E-state index in [1.165, 1.54) is 11.1 Å². The third kappa shape index (κ3) is 6.15. The summed E-state index contributed by atoms with van der Waals surface area (Å²) in [6, 6.07) is 8.58. The molecule has 4 heteroatoms. The van der Waals surface area contributed by atoms with Crippen LogP contribution in [0.2, 0.25) is 0 Å². The highest BCUT2D eigenvalue weighted by Crippen LogP contribution is 2.27. The van der Waals surface area contributed by atoms with E-state index >= 15 is 0 Å². The molecule has 1 aliphatic heterocycles. The van der Waals surface area contributed by atoms with Crippen molar-refractivity contribution in [3.8, 4) is 0 Å². The number of piperidine rings is 1. The Balaban J connectivity index is 0.00000264. The fourth-order valence-corrected chi connectivity index (χ4v) is 3.15. The number of benzene rings is 1. The molecule has 1 amide bonds. The summed E-state index contributed by atoms with van der Waals surface area (Å²) in [5.41, 5.74) is 2.80. The van der Waals surface area contributed by atoms with E-state index in [1.807, 2.05) is 0 Å². The van der Waals surface area contributed by atoms with Crippen molar-refractivity contribution in [3.63, 3.8) is 0 Å². The molecule has 1 aliphatic rings. The summed E-state index contributed by atoms with van der Waals surface area (Å²) in [5, 5.41) is 6.55. The molecule has 2 rings (SSSR count). The summed E-state index contributed by atoms with van der Waals surface area (Å²) < 4.78 is 0. The maximum absolute atomic E-state index is 12.3. The molecule has 0 aliphatic carbocycles. The van der Waals surface area contributed by atoms with Crippen LogP contribution >= 0.6 is 12.4 Å². The van der Waals surface area contributed by atoms with E-state index in [-0.39, 0.29) is 23.7 Å². The van der Waals surface area contributed by atoms with Gasteiger partial charge in [0, 0.05) is 13.0 Å². The first-order valence-corrected chi connectivity index (χ1v) is 8.56. The molecule has 0 saturated carbocycles. The molecule has 1 atom stereocenters. The molecule has 1 fully saturated rings. The maximum Gasteiger partial charge on any atom is 0.220 e. The quantitative estimate of drug-likeness (QED) is 0.828. The summed E-state index contributed by atoms with van der Waals surface area (Å²) in [7, 11) is 0. The zero-order chi connectivity index (χ0) is 16.0. The summed E-state index contributed by atoms with van der Waals surface area (Å²) in [4.78, 5) is 12.3. The summed E-state index contributed by atoms with van der Waals surface area (Å²) >= 11 is 0. The molecule has 1 aromatic rings. The Kier molecular flexibility index (Phi) is 8.07. The van der Waals surface area contributed by atoms with Crippen molar-refractivity contribution in [2.75, 3.05) is 19.6 Å². The Labute approximate surface area is 147 Å². The fraction of sp³-hybridized carbons (Fsp3) is 0.632. The number of hydrogen-bond donors (Lipinski definition) is 2. The second-order valence-electron chi connectivity index (χ2n) is 7.06. The Morgan fingerprint density at radius 3 is 2.43 bits per heavy atom. The number of halogens is 1. The van der Waals surface area contributed by atoms with Gasteiger partial charge in [0.15, 0.2) is 0 Å². The number of nitrogens with one attached hydrogen (secondary N) is 2. The predicted octanol–water partition coefficient (Wildman–Crippen LogP) is 3.81. The number of carbonyl (C=O) groups excluding carboxylic acids is 1. The van der Waals surface area contributed by atoms with Crippen molar-refractivity contribution in [3.05, 3.63) is 35.4 Å². The SMILES string of the molecule is CCC(CC(=O)NCC1(C)CCNCC1)c1ccc(C)cc1.Cl. The van der Waals surface area contributed by atoms with Crippen molar-refractivity contribution in [1.29, 1.82) is 0 Å². The molecule has 130 valence electrons. The standard InChI is InChI=1S/C19H30N2O.ClH/c1-4-16(17-7-5-15(2)6-8-17)13-18(22)21-14-19(3)9-11-20-12-10-19;/h5-8,16,20H,4,9-14H2,1-3H3,(H,21,22);1H. The monoisotopic (exact) mass is 338 g/mol. The normalized spacial score (nSPS) is 17.9. The maximum atomic E-state index is 12.3. The number of amides is 1. The lowest BCUT2D eigenvalue weighted by Crippen LogP contribution is -2.43. The Bertz CT molecular complexity index is 481. The highest BCUT2D eigenvalue weighted by Gasteiger charge is 2.27. The first-order chi connectivity index (χ1) is 10.5. The number of hydrogen-bond acceptors (Lipinski definition) is 2. The molecule has 3 nitrogen and oxygen atoms in total. The topological polar surface area (TPSA) is 41.1 Å². The van der Waals surface area contributed by atoms with Crippen molar-refractivity contribution < 1.29 is 4.79 Å².